The minimum atomic E-state index is 0.507. The Morgan fingerprint density at radius 1 is 0.885 bits per heavy atom. The summed E-state index contributed by atoms with van der Waals surface area (Å²) in [5.41, 5.74) is 5.44. The van der Waals surface area contributed by atoms with Crippen molar-refractivity contribution >= 4 is 11.9 Å². The van der Waals surface area contributed by atoms with Gasteiger partial charge in [-0.25, -0.2) is 0 Å². The van der Waals surface area contributed by atoms with Gasteiger partial charge in [-0.3, -0.25) is 4.99 Å². The van der Waals surface area contributed by atoms with Crippen molar-refractivity contribution in [3.63, 3.8) is 0 Å². The molecule has 0 aromatic heterocycles. The maximum atomic E-state index is 5.92. The Labute approximate surface area is 154 Å². The largest absolute Gasteiger partial charge is 0.493 e. The van der Waals surface area contributed by atoms with E-state index in [0.29, 0.717) is 12.4 Å². The molecule has 0 aliphatic carbocycles. The van der Waals surface area contributed by atoms with Crippen LogP contribution in [-0.2, 0) is 6.61 Å². The molecule has 132 valence electrons. The van der Waals surface area contributed by atoms with E-state index < -0.39 is 0 Å². The first kappa shape index (κ1) is 17.7. The van der Waals surface area contributed by atoms with E-state index in [1.54, 1.807) is 7.11 Å². The van der Waals surface area contributed by atoms with E-state index in [-0.39, 0.29) is 0 Å². The number of rotatable bonds is 6. The predicted molar refractivity (Wildman–Crippen MR) is 107 cm³/mol. The van der Waals surface area contributed by atoms with Crippen molar-refractivity contribution in [3.05, 3.63) is 89.0 Å². The van der Waals surface area contributed by atoms with Gasteiger partial charge in [0, 0.05) is 6.21 Å². The van der Waals surface area contributed by atoms with Crippen molar-refractivity contribution in [2.45, 2.75) is 20.5 Å². The average Bonchev–Trinajstić information content (AvgIpc) is 2.67. The Morgan fingerprint density at radius 3 is 2.38 bits per heavy atom. The molecule has 0 bridgehead atoms. The van der Waals surface area contributed by atoms with E-state index in [1.807, 2.05) is 42.6 Å². The first-order valence-corrected chi connectivity index (χ1v) is 8.62. The maximum absolute atomic E-state index is 5.92. The normalized spacial score (nSPS) is 10.9. The zero-order valence-electron chi connectivity index (χ0n) is 15.4. The molecule has 0 amide bonds. The van der Waals surface area contributed by atoms with Crippen LogP contribution < -0.4 is 9.47 Å². The van der Waals surface area contributed by atoms with Crippen LogP contribution in [0.4, 0.5) is 5.69 Å². The summed E-state index contributed by atoms with van der Waals surface area (Å²) in [5, 5.41) is 0. The van der Waals surface area contributed by atoms with E-state index in [9.17, 15) is 0 Å². The van der Waals surface area contributed by atoms with Gasteiger partial charge in [-0.2, -0.15) is 0 Å². The fourth-order valence-electron chi connectivity index (χ4n) is 2.58. The highest BCUT2D eigenvalue weighted by molar-refractivity contribution is 5.83. The van der Waals surface area contributed by atoms with Gasteiger partial charge in [-0.05, 0) is 54.8 Å². The molecule has 0 N–H and O–H groups in total. The maximum Gasteiger partial charge on any atom is 0.161 e. The Morgan fingerprint density at radius 2 is 1.65 bits per heavy atom. The van der Waals surface area contributed by atoms with Gasteiger partial charge in [0.15, 0.2) is 11.5 Å². The lowest BCUT2D eigenvalue weighted by molar-refractivity contribution is 0.284. The van der Waals surface area contributed by atoms with Crippen LogP contribution in [0.2, 0.25) is 0 Å². The fourth-order valence-corrected chi connectivity index (χ4v) is 2.58. The van der Waals surface area contributed by atoms with Crippen LogP contribution in [0.5, 0.6) is 11.5 Å². The quantitative estimate of drug-likeness (QED) is 0.541. The molecule has 0 saturated heterocycles. The van der Waals surface area contributed by atoms with Crippen molar-refractivity contribution < 1.29 is 9.47 Å². The third-order valence-corrected chi connectivity index (χ3v) is 4.17. The molecule has 0 spiro atoms. The van der Waals surface area contributed by atoms with Gasteiger partial charge >= 0.3 is 0 Å². The highest BCUT2D eigenvalue weighted by atomic mass is 16.5. The van der Waals surface area contributed by atoms with Gasteiger partial charge in [0.1, 0.15) is 6.61 Å². The number of nitrogens with zero attached hydrogens (tertiary/aromatic N) is 1. The summed E-state index contributed by atoms with van der Waals surface area (Å²) >= 11 is 0. The molecular weight excluding hydrogens is 322 g/mol. The molecule has 0 aliphatic heterocycles. The van der Waals surface area contributed by atoms with Gasteiger partial charge in [0.05, 0.1) is 12.8 Å². The van der Waals surface area contributed by atoms with Crippen LogP contribution in [0.25, 0.3) is 0 Å². The molecule has 0 fully saturated rings. The van der Waals surface area contributed by atoms with Crippen molar-refractivity contribution in [1.82, 2.24) is 0 Å². The van der Waals surface area contributed by atoms with E-state index in [4.69, 9.17) is 9.47 Å². The molecule has 0 radical (unpaired) electrons. The fraction of sp³-hybridized carbons (Fsp3) is 0.174. The lowest BCUT2D eigenvalue weighted by Gasteiger charge is -2.11. The SMILES string of the molecule is COc1cc(C=Nc2ccccc2C)ccc1OCc1ccc(C)cc1. The first-order chi connectivity index (χ1) is 12.7. The summed E-state index contributed by atoms with van der Waals surface area (Å²) in [6.45, 7) is 4.63. The zero-order valence-corrected chi connectivity index (χ0v) is 15.4. The van der Waals surface area contributed by atoms with E-state index in [0.717, 1.165) is 28.1 Å². The Bertz CT molecular complexity index is 898. The van der Waals surface area contributed by atoms with Gasteiger partial charge in [-0.1, -0.05) is 48.0 Å². The van der Waals surface area contributed by atoms with E-state index in [1.165, 1.54) is 5.56 Å². The minimum absolute atomic E-state index is 0.507. The standard InChI is InChI=1S/C23H23NO2/c1-17-8-10-19(11-9-17)16-26-22-13-12-20(14-23(22)25-3)15-24-21-7-5-4-6-18(21)2/h4-15H,16H2,1-3H3. The third-order valence-electron chi connectivity index (χ3n) is 4.17. The molecule has 3 nitrogen and oxygen atoms in total. The lowest BCUT2D eigenvalue weighted by Crippen LogP contribution is -1.98. The summed E-state index contributed by atoms with van der Waals surface area (Å²) in [6, 6.07) is 22.2. The number of aliphatic imine (C=N–C) groups is 1. The molecule has 0 atom stereocenters. The van der Waals surface area contributed by atoms with Gasteiger partial charge in [-0.15, -0.1) is 0 Å². The second-order valence-electron chi connectivity index (χ2n) is 6.23. The number of aryl methyl sites for hydroxylation is 2. The monoisotopic (exact) mass is 345 g/mol. The lowest BCUT2D eigenvalue weighted by atomic mass is 10.1. The number of hydrogen-bond donors (Lipinski definition) is 0. The summed E-state index contributed by atoms with van der Waals surface area (Å²) in [4.78, 5) is 4.56. The molecule has 0 saturated carbocycles. The summed E-state index contributed by atoms with van der Waals surface area (Å²) in [6.07, 6.45) is 1.84. The molecule has 3 aromatic rings. The van der Waals surface area contributed by atoms with Crippen LogP contribution in [0.15, 0.2) is 71.7 Å². The highest BCUT2D eigenvalue weighted by Crippen LogP contribution is 2.29. The van der Waals surface area contributed by atoms with Crippen molar-refractivity contribution in [3.8, 4) is 11.5 Å². The molecule has 0 aliphatic rings. The third kappa shape index (κ3) is 4.51. The Balaban J connectivity index is 1.73. The molecule has 0 heterocycles. The van der Waals surface area contributed by atoms with Crippen LogP contribution in [0.1, 0.15) is 22.3 Å². The van der Waals surface area contributed by atoms with E-state index >= 15 is 0 Å². The molecule has 3 rings (SSSR count). The second-order valence-corrected chi connectivity index (χ2v) is 6.23. The Kier molecular flexibility index (Phi) is 5.69. The van der Waals surface area contributed by atoms with Crippen LogP contribution in [-0.4, -0.2) is 13.3 Å². The predicted octanol–water partition coefficient (Wildman–Crippen LogP) is 5.64. The molecular formula is C23H23NO2. The van der Waals surface area contributed by atoms with E-state index in [2.05, 4.69) is 49.2 Å². The first-order valence-electron chi connectivity index (χ1n) is 8.62. The summed E-state index contributed by atoms with van der Waals surface area (Å²) < 4.78 is 11.4. The van der Waals surface area contributed by atoms with Crippen molar-refractivity contribution in [2.75, 3.05) is 7.11 Å². The Hall–Kier alpha value is -3.07. The topological polar surface area (TPSA) is 30.8 Å². The number of para-hydroxylation sites is 1. The van der Waals surface area contributed by atoms with Gasteiger partial charge in [0.25, 0.3) is 0 Å². The van der Waals surface area contributed by atoms with Gasteiger partial charge in [0.2, 0.25) is 0 Å². The number of methoxy groups -OCH3 is 1. The molecule has 3 aromatic carbocycles. The number of benzene rings is 3. The zero-order chi connectivity index (χ0) is 18.4. The summed E-state index contributed by atoms with van der Waals surface area (Å²) in [7, 11) is 1.65. The summed E-state index contributed by atoms with van der Waals surface area (Å²) in [5.74, 6) is 1.42. The number of ether oxygens (including phenoxy) is 2. The molecule has 3 heteroatoms. The second kappa shape index (κ2) is 8.34. The molecule has 26 heavy (non-hydrogen) atoms. The van der Waals surface area contributed by atoms with Crippen LogP contribution >= 0.6 is 0 Å². The van der Waals surface area contributed by atoms with Crippen LogP contribution in [0, 0.1) is 13.8 Å². The van der Waals surface area contributed by atoms with Crippen molar-refractivity contribution in [2.24, 2.45) is 4.99 Å². The number of hydrogen-bond acceptors (Lipinski definition) is 3. The highest BCUT2D eigenvalue weighted by Gasteiger charge is 2.06. The minimum Gasteiger partial charge on any atom is -0.493 e. The van der Waals surface area contributed by atoms with Gasteiger partial charge < -0.3 is 9.47 Å². The smallest absolute Gasteiger partial charge is 0.161 e. The molecule has 0 unspecified atom stereocenters. The average molecular weight is 345 g/mol. The van der Waals surface area contributed by atoms with Crippen LogP contribution in [0.3, 0.4) is 0 Å². The van der Waals surface area contributed by atoms with Crippen molar-refractivity contribution in [1.29, 1.82) is 0 Å².